The van der Waals surface area contributed by atoms with Gasteiger partial charge in [0.25, 0.3) is 0 Å². The van der Waals surface area contributed by atoms with Crippen molar-refractivity contribution in [2.75, 3.05) is 12.4 Å². The summed E-state index contributed by atoms with van der Waals surface area (Å²) in [6, 6.07) is 2.10. The Balaban J connectivity index is 4.20. The lowest BCUT2D eigenvalue weighted by molar-refractivity contribution is 0.187. The topological polar surface area (TPSA) is 59.3 Å². The molecular formula is C14H28NO3PS. The standard InChI is InChI=1S/C14H28NO3PS/c1-4-7-8-9-10-11-14(13-15)18-19(16,17-6-3)20-12-5-2/h14H,4-12H2,1-3H3. The van der Waals surface area contributed by atoms with Gasteiger partial charge in [0.1, 0.15) is 0 Å². The second kappa shape index (κ2) is 12.7. The summed E-state index contributed by atoms with van der Waals surface area (Å²) < 4.78 is 23.2. The van der Waals surface area contributed by atoms with Crippen molar-refractivity contribution < 1.29 is 13.6 Å². The van der Waals surface area contributed by atoms with Crippen molar-refractivity contribution in [2.24, 2.45) is 0 Å². The molecule has 0 bridgehead atoms. The molecule has 0 saturated carbocycles. The Morgan fingerprint density at radius 2 is 1.85 bits per heavy atom. The molecule has 2 atom stereocenters. The molecule has 0 N–H and O–H groups in total. The zero-order chi connectivity index (χ0) is 15.3. The summed E-state index contributed by atoms with van der Waals surface area (Å²) in [6.07, 6.45) is 6.54. The molecule has 0 aromatic heterocycles. The highest BCUT2D eigenvalue weighted by Gasteiger charge is 2.29. The number of nitrogens with zero attached hydrogens (tertiary/aromatic N) is 1. The van der Waals surface area contributed by atoms with Crippen LogP contribution in [0.3, 0.4) is 0 Å². The van der Waals surface area contributed by atoms with E-state index in [1.807, 2.05) is 6.92 Å². The molecule has 118 valence electrons. The minimum Gasteiger partial charge on any atom is -0.301 e. The van der Waals surface area contributed by atoms with E-state index in [-0.39, 0.29) is 0 Å². The van der Waals surface area contributed by atoms with Gasteiger partial charge in [-0.1, -0.05) is 39.5 Å². The van der Waals surface area contributed by atoms with E-state index in [9.17, 15) is 4.57 Å². The van der Waals surface area contributed by atoms with E-state index in [1.54, 1.807) is 6.92 Å². The van der Waals surface area contributed by atoms with Crippen LogP contribution in [0.4, 0.5) is 0 Å². The lowest BCUT2D eigenvalue weighted by Gasteiger charge is -2.19. The van der Waals surface area contributed by atoms with E-state index in [2.05, 4.69) is 13.0 Å². The van der Waals surface area contributed by atoms with Crippen LogP contribution in [0.1, 0.15) is 65.7 Å². The molecule has 0 aliphatic heterocycles. The van der Waals surface area contributed by atoms with Gasteiger partial charge in [-0.15, -0.1) is 0 Å². The highest BCUT2D eigenvalue weighted by atomic mass is 32.7. The Morgan fingerprint density at radius 3 is 2.40 bits per heavy atom. The van der Waals surface area contributed by atoms with Gasteiger partial charge in [-0.05, 0) is 37.6 Å². The van der Waals surface area contributed by atoms with E-state index in [4.69, 9.17) is 14.3 Å². The molecule has 6 heteroatoms. The van der Waals surface area contributed by atoms with Crippen LogP contribution in [0.5, 0.6) is 0 Å². The van der Waals surface area contributed by atoms with Gasteiger partial charge in [0.2, 0.25) is 0 Å². The molecule has 0 aliphatic carbocycles. The average Bonchev–Trinajstić information content (AvgIpc) is 2.44. The summed E-state index contributed by atoms with van der Waals surface area (Å²) in [7, 11) is 0. The van der Waals surface area contributed by atoms with E-state index >= 15 is 0 Å². The van der Waals surface area contributed by atoms with Crippen LogP contribution in [0.25, 0.3) is 0 Å². The third kappa shape index (κ3) is 9.83. The Hall–Kier alpha value is -0.0100. The molecule has 0 aromatic rings. The third-order valence-electron chi connectivity index (χ3n) is 2.71. The van der Waals surface area contributed by atoms with Crippen LogP contribution >= 0.6 is 18.2 Å². The van der Waals surface area contributed by atoms with Crippen molar-refractivity contribution in [3.8, 4) is 6.07 Å². The minimum atomic E-state index is -3.18. The Morgan fingerprint density at radius 1 is 1.15 bits per heavy atom. The molecular weight excluding hydrogens is 293 g/mol. The monoisotopic (exact) mass is 321 g/mol. The van der Waals surface area contributed by atoms with Crippen molar-refractivity contribution in [1.29, 1.82) is 5.26 Å². The fraction of sp³-hybridized carbons (Fsp3) is 0.929. The predicted octanol–water partition coefficient (Wildman–Crippen LogP) is 5.54. The first kappa shape index (κ1) is 20.0. The maximum Gasteiger partial charge on any atom is 0.390 e. The van der Waals surface area contributed by atoms with Gasteiger partial charge >= 0.3 is 6.80 Å². The van der Waals surface area contributed by atoms with Crippen LogP contribution in [0.15, 0.2) is 0 Å². The SMILES string of the molecule is CCCCCCCC(C#N)OP(=O)(OCC)SCCC. The highest BCUT2D eigenvalue weighted by Crippen LogP contribution is 2.61. The van der Waals surface area contributed by atoms with Gasteiger partial charge in [-0.2, -0.15) is 5.26 Å². The smallest absolute Gasteiger partial charge is 0.301 e. The maximum atomic E-state index is 12.4. The molecule has 0 aromatic carbocycles. The predicted molar refractivity (Wildman–Crippen MR) is 85.8 cm³/mol. The summed E-state index contributed by atoms with van der Waals surface area (Å²) >= 11 is 1.20. The van der Waals surface area contributed by atoms with Crippen LogP contribution in [0, 0.1) is 11.3 Å². The average molecular weight is 321 g/mol. The Bertz CT molecular complexity index is 320. The van der Waals surface area contributed by atoms with Crippen molar-refractivity contribution in [2.45, 2.75) is 71.8 Å². The molecule has 0 heterocycles. The van der Waals surface area contributed by atoms with Crippen molar-refractivity contribution in [3.63, 3.8) is 0 Å². The third-order valence-corrected chi connectivity index (χ3v) is 6.78. The summed E-state index contributed by atoms with van der Waals surface area (Å²) in [5.41, 5.74) is 0. The van der Waals surface area contributed by atoms with Gasteiger partial charge in [-0.3, -0.25) is 4.52 Å². The van der Waals surface area contributed by atoms with Crippen molar-refractivity contribution >= 4 is 18.2 Å². The van der Waals surface area contributed by atoms with Crippen molar-refractivity contribution in [1.82, 2.24) is 0 Å². The lowest BCUT2D eigenvalue weighted by atomic mass is 10.1. The highest BCUT2D eigenvalue weighted by molar-refractivity contribution is 8.55. The molecule has 0 radical (unpaired) electrons. The molecule has 20 heavy (non-hydrogen) atoms. The molecule has 0 fully saturated rings. The molecule has 0 saturated heterocycles. The zero-order valence-corrected chi connectivity index (χ0v) is 14.7. The van der Waals surface area contributed by atoms with E-state index < -0.39 is 12.9 Å². The molecule has 0 aliphatic rings. The van der Waals surface area contributed by atoms with E-state index in [1.165, 1.54) is 30.6 Å². The van der Waals surface area contributed by atoms with Gasteiger partial charge < -0.3 is 4.52 Å². The largest absolute Gasteiger partial charge is 0.390 e. The van der Waals surface area contributed by atoms with Gasteiger partial charge in [0, 0.05) is 5.75 Å². The normalized spacial score (nSPS) is 15.5. The molecule has 4 nitrogen and oxygen atoms in total. The number of unbranched alkanes of at least 4 members (excludes halogenated alkanes) is 4. The first-order valence-corrected chi connectivity index (χ1v) is 10.7. The number of hydrogen-bond donors (Lipinski definition) is 0. The number of hydrogen-bond acceptors (Lipinski definition) is 5. The molecule has 0 amide bonds. The summed E-state index contributed by atoms with van der Waals surface area (Å²) in [5.74, 6) is 0.714. The number of nitriles is 1. The maximum absolute atomic E-state index is 12.4. The minimum absolute atomic E-state index is 0.336. The summed E-state index contributed by atoms with van der Waals surface area (Å²) in [5, 5.41) is 9.12. The van der Waals surface area contributed by atoms with Crippen molar-refractivity contribution in [3.05, 3.63) is 0 Å². The van der Waals surface area contributed by atoms with Gasteiger partial charge in [0.05, 0.1) is 12.7 Å². The van der Waals surface area contributed by atoms with Crippen LogP contribution in [-0.4, -0.2) is 18.5 Å². The quantitative estimate of drug-likeness (QED) is 0.329. The zero-order valence-electron chi connectivity index (χ0n) is 13.0. The Kier molecular flexibility index (Phi) is 12.7. The fourth-order valence-electron chi connectivity index (χ4n) is 1.69. The van der Waals surface area contributed by atoms with E-state index in [0.29, 0.717) is 18.8 Å². The second-order valence-electron chi connectivity index (χ2n) is 4.62. The van der Waals surface area contributed by atoms with Gasteiger partial charge in [0.15, 0.2) is 6.10 Å². The first-order chi connectivity index (χ1) is 9.61. The van der Waals surface area contributed by atoms with Crippen LogP contribution in [-0.2, 0) is 13.6 Å². The van der Waals surface area contributed by atoms with Crippen LogP contribution < -0.4 is 0 Å². The van der Waals surface area contributed by atoms with Crippen LogP contribution in [0.2, 0.25) is 0 Å². The second-order valence-corrected chi connectivity index (χ2v) is 8.77. The molecule has 0 spiro atoms. The lowest BCUT2D eigenvalue weighted by Crippen LogP contribution is -2.09. The Labute approximate surface area is 127 Å². The molecule has 0 rings (SSSR count). The van der Waals surface area contributed by atoms with E-state index in [0.717, 1.165) is 19.3 Å². The summed E-state index contributed by atoms with van der Waals surface area (Å²) in [6.45, 7) is 3.13. The molecule has 2 unspecified atom stereocenters. The van der Waals surface area contributed by atoms with Gasteiger partial charge in [-0.25, -0.2) is 4.57 Å². The first-order valence-electron chi connectivity index (χ1n) is 7.59. The number of rotatable bonds is 13. The fourth-order valence-corrected chi connectivity index (χ4v) is 5.32. The summed E-state index contributed by atoms with van der Waals surface area (Å²) in [4.78, 5) is 0.